The molecule has 3 saturated heterocycles. The smallest absolute Gasteiger partial charge is 0.317 e. The molecule has 1 aromatic heterocycles. The molecule has 0 saturated carbocycles. The molecule has 2 atom stereocenters. The van der Waals surface area contributed by atoms with Crippen molar-refractivity contribution in [1.29, 1.82) is 0 Å². The van der Waals surface area contributed by atoms with Gasteiger partial charge >= 0.3 is 6.03 Å². The van der Waals surface area contributed by atoms with Gasteiger partial charge in [-0.05, 0) is 30.7 Å². The third-order valence-electron chi connectivity index (χ3n) is 5.11. The lowest BCUT2D eigenvalue weighted by Gasteiger charge is -2.35. The van der Waals surface area contributed by atoms with Gasteiger partial charge in [-0.3, -0.25) is 9.59 Å². The number of amides is 4. The van der Waals surface area contributed by atoms with Gasteiger partial charge in [0.25, 0.3) is 0 Å². The number of urea groups is 1. The van der Waals surface area contributed by atoms with Crippen LogP contribution in [0.4, 0.5) is 4.79 Å². The highest BCUT2D eigenvalue weighted by atomic mass is 32.1. The third kappa shape index (κ3) is 4.17. The molecule has 142 valence electrons. The number of hydrogen-bond acceptors (Lipinski definition) is 4. The van der Waals surface area contributed by atoms with Gasteiger partial charge in [-0.1, -0.05) is 6.07 Å². The molecule has 0 spiro atoms. The summed E-state index contributed by atoms with van der Waals surface area (Å²) in [5.74, 6) is -0.282. The second-order valence-corrected chi connectivity index (χ2v) is 8.18. The van der Waals surface area contributed by atoms with E-state index in [1.807, 2.05) is 11.4 Å². The lowest BCUT2D eigenvalue weighted by atomic mass is 9.94. The molecule has 1 aromatic rings. The zero-order valence-electron chi connectivity index (χ0n) is 15.3. The van der Waals surface area contributed by atoms with E-state index in [1.54, 1.807) is 35.2 Å². The summed E-state index contributed by atoms with van der Waals surface area (Å²) in [5, 5.41) is 4.99. The van der Waals surface area contributed by atoms with E-state index in [-0.39, 0.29) is 36.3 Å². The summed E-state index contributed by atoms with van der Waals surface area (Å²) in [6, 6.07) is 3.87. The molecule has 3 aliphatic rings. The predicted molar refractivity (Wildman–Crippen MR) is 99.9 cm³/mol. The van der Waals surface area contributed by atoms with Crippen LogP contribution in [0.1, 0.15) is 17.7 Å². The number of nitrogens with one attached hydrogen (secondary N) is 1. The van der Waals surface area contributed by atoms with E-state index in [9.17, 15) is 14.4 Å². The number of hydrogen-bond donors (Lipinski definition) is 1. The third-order valence-corrected chi connectivity index (χ3v) is 6.05. The first kappa shape index (κ1) is 18.7. The van der Waals surface area contributed by atoms with Gasteiger partial charge in [0.2, 0.25) is 11.8 Å². The predicted octanol–water partition coefficient (Wildman–Crippen LogP) is 1.01. The van der Waals surface area contributed by atoms with E-state index in [0.29, 0.717) is 19.6 Å². The maximum Gasteiger partial charge on any atom is 0.317 e. The highest BCUT2D eigenvalue weighted by Gasteiger charge is 2.42. The van der Waals surface area contributed by atoms with Crippen molar-refractivity contribution in [2.75, 3.05) is 40.3 Å². The van der Waals surface area contributed by atoms with Gasteiger partial charge in [-0.2, -0.15) is 0 Å². The molecule has 7 nitrogen and oxygen atoms in total. The van der Waals surface area contributed by atoms with Crippen LogP contribution < -0.4 is 5.32 Å². The van der Waals surface area contributed by atoms with Crippen molar-refractivity contribution in [1.82, 2.24) is 20.0 Å². The van der Waals surface area contributed by atoms with Gasteiger partial charge in [0.1, 0.15) is 6.54 Å². The lowest BCUT2D eigenvalue weighted by Crippen LogP contribution is -2.52. The molecular weight excluding hydrogens is 352 g/mol. The molecule has 3 aliphatic heterocycles. The summed E-state index contributed by atoms with van der Waals surface area (Å²) < 4.78 is 0. The molecule has 4 heterocycles. The average Bonchev–Trinajstić information content (AvgIpc) is 2.97. The topological polar surface area (TPSA) is 73.0 Å². The second-order valence-electron chi connectivity index (χ2n) is 7.15. The molecule has 0 radical (unpaired) electrons. The van der Waals surface area contributed by atoms with Crippen molar-refractivity contribution < 1.29 is 14.4 Å². The van der Waals surface area contributed by atoms with Crippen LogP contribution in [0.15, 0.2) is 17.5 Å². The van der Waals surface area contributed by atoms with Gasteiger partial charge in [0, 0.05) is 44.6 Å². The molecule has 3 fully saturated rings. The molecule has 0 aromatic carbocycles. The Morgan fingerprint density at radius 1 is 1.31 bits per heavy atom. The van der Waals surface area contributed by atoms with Gasteiger partial charge in [-0.15, -0.1) is 11.3 Å². The standard InChI is InChI=1S/C18H26N4O3S/c1-20(2)16(23)12-22-14-6-5-13(17(22)24)10-21(11-14)18(25)19-8-7-15-4-3-9-26-15/h3-4,9,13-14H,5-8,10-12H2,1-2H3,(H,19,25)/t13-,14+/m0/s1. The van der Waals surface area contributed by atoms with Crippen LogP contribution >= 0.6 is 11.3 Å². The summed E-state index contributed by atoms with van der Waals surface area (Å²) in [6.07, 6.45) is 2.44. The molecule has 0 aliphatic carbocycles. The monoisotopic (exact) mass is 378 g/mol. The van der Waals surface area contributed by atoms with Crippen molar-refractivity contribution in [3.63, 3.8) is 0 Å². The van der Waals surface area contributed by atoms with Crippen molar-refractivity contribution >= 4 is 29.2 Å². The van der Waals surface area contributed by atoms with Crippen molar-refractivity contribution in [3.8, 4) is 0 Å². The number of rotatable bonds is 5. The maximum atomic E-state index is 12.7. The molecule has 1 N–H and O–H groups in total. The number of fused-ring (bicyclic) bond motifs is 4. The van der Waals surface area contributed by atoms with Gasteiger partial charge < -0.3 is 20.0 Å². The normalized spacial score (nSPS) is 22.3. The van der Waals surface area contributed by atoms with Crippen LogP contribution in [0.25, 0.3) is 0 Å². The van der Waals surface area contributed by atoms with Crippen LogP contribution in [-0.2, 0) is 16.0 Å². The minimum absolute atomic E-state index is 0.00494. The van der Waals surface area contributed by atoms with Gasteiger partial charge in [-0.25, -0.2) is 4.79 Å². The summed E-state index contributed by atoms with van der Waals surface area (Å²) in [6.45, 7) is 1.61. The Kier molecular flexibility index (Phi) is 5.80. The largest absolute Gasteiger partial charge is 0.347 e. The zero-order chi connectivity index (χ0) is 18.7. The fourth-order valence-electron chi connectivity index (χ4n) is 3.56. The van der Waals surface area contributed by atoms with Crippen LogP contribution in [0.5, 0.6) is 0 Å². The summed E-state index contributed by atoms with van der Waals surface area (Å²) >= 11 is 1.68. The van der Waals surface area contributed by atoms with E-state index in [1.165, 1.54) is 9.78 Å². The molecule has 8 heteroatoms. The molecule has 0 unspecified atom stereocenters. The fraction of sp³-hybridized carbons (Fsp3) is 0.611. The number of carbonyl (C=O) groups is 3. The minimum Gasteiger partial charge on any atom is -0.347 e. The Morgan fingerprint density at radius 3 is 2.81 bits per heavy atom. The molecule has 4 rings (SSSR count). The quantitative estimate of drug-likeness (QED) is 0.831. The first-order valence-electron chi connectivity index (χ1n) is 9.01. The number of carbonyl (C=O) groups excluding carboxylic acids is 3. The van der Waals surface area contributed by atoms with Gasteiger partial charge in [0.05, 0.1) is 5.92 Å². The molecule has 4 amide bonds. The summed E-state index contributed by atoms with van der Waals surface area (Å²) in [7, 11) is 3.38. The van der Waals surface area contributed by atoms with Crippen LogP contribution in [0.3, 0.4) is 0 Å². The first-order chi connectivity index (χ1) is 12.5. The van der Waals surface area contributed by atoms with E-state index in [2.05, 4.69) is 11.4 Å². The van der Waals surface area contributed by atoms with E-state index >= 15 is 0 Å². The van der Waals surface area contributed by atoms with E-state index < -0.39 is 0 Å². The van der Waals surface area contributed by atoms with Crippen molar-refractivity contribution in [2.24, 2.45) is 5.92 Å². The zero-order valence-corrected chi connectivity index (χ0v) is 16.1. The first-order valence-corrected chi connectivity index (χ1v) is 9.89. The Bertz CT molecular complexity index is 661. The Labute approximate surface area is 157 Å². The van der Waals surface area contributed by atoms with Crippen molar-refractivity contribution in [2.45, 2.75) is 25.3 Å². The summed E-state index contributed by atoms with van der Waals surface area (Å²) in [5.41, 5.74) is 0. The van der Waals surface area contributed by atoms with E-state index in [4.69, 9.17) is 0 Å². The number of likely N-dealkylation sites (N-methyl/N-ethyl adjacent to an activating group) is 1. The maximum absolute atomic E-state index is 12.7. The highest BCUT2D eigenvalue weighted by molar-refractivity contribution is 7.09. The molecular formula is C18H26N4O3S. The minimum atomic E-state index is -0.202. The number of nitrogens with zero attached hydrogens (tertiary/aromatic N) is 3. The summed E-state index contributed by atoms with van der Waals surface area (Å²) in [4.78, 5) is 43.5. The lowest BCUT2D eigenvalue weighted by molar-refractivity contribution is -0.145. The van der Waals surface area contributed by atoms with Crippen molar-refractivity contribution in [3.05, 3.63) is 22.4 Å². The Balaban J connectivity index is 1.58. The SMILES string of the molecule is CN(C)C(=O)CN1C(=O)[C@H]2CC[C@@H]1CN(C(=O)NCCc1cccs1)C2. The second kappa shape index (κ2) is 8.07. The number of thiophene rings is 1. The fourth-order valence-corrected chi connectivity index (χ4v) is 4.27. The average molecular weight is 378 g/mol. The number of piperidine rings is 1. The van der Waals surface area contributed by atoms with Crippen LogP contribution in [0.2, 0.25) is 0 Å². The van der Waals surface area contributed by atoms with Crippen LogP contribution in [0, 0.1) is 5.92 Å². The Morgan fingerprint density at radius 2 is 2.12 bits per heavy atom. The van der Waals surface area contributed by atoms with Crippen LogP contribution in [-0.4, -0.2) is 78.9 Å². The highest BCUT2D eigenvalue weighted by Crippen LogP contribution is 2.29. The Hall–Kier alpha value is -2.09. The van der Waals surface area contributed by atoms with E-state index in [0.717, 1.165) is 19.3 Å². The van der Waals surface area contributed by atoms with Gasteiger partial charge in [0.15, 0.2) is 0 Å². The molecule has 26 heavy (non-hydrogen) atoms. The molecule has 2 bridgehead atoms.